The van der Waals surface area contributed by atoms with Crippen LogP contribution in [0.5, 0.6) is 0 Å². The van der Waals surface area contributed by atoms with Crippen LogP contribution in [-0.4, -0.2) is 54.5 Å². The number of morpholine rings is 1. The van der Waals surface area contributed by atoms with Crippen molar-refractivity contribution in [2.75, 3.05) is 26.7 Å². The topological polar surface area (TPSA) is 49.9 Å². The second-order valence-electron chi connectivity index (χ2n) is 7.62. The highest BCUT2D eigenvalue weighted by molar-refractivity contribution is 5.86. The summed E-state index contributed by atoms with van der Waals surface area (Å²) >= 11 is 0. The maximum atomic E-state index is 13.1. The Balaban J connectivity index is 1.86. The van der Waals surface area contributed by atoms with E-state index in [2.05, 4.69) is 13.8 Å². The smallest absolute Gasteiger partial charge is 0.254 e. The minimum atomic E-state index is -0.635. The van der Waals surface area contributed by atoms with Gasteiger partial charge in [0.15, 0.2) is 6.10 Å². The SMILES string of the molecule is CN1C(=O)CO[C@H](C(=O)N2CCCC(C)(C)C2)[C@@H]1c1ccccc1. The van der Waals surface area contributed by atoms with Crippen LogP contribution in [0.3, 0.4) is 0 Å². The van der Waals surface area contributed by atoms with E-state index in [1.165, 1.54) is 0 Å². The summed E-state index contributed by atoms with van der Waals surface area (Å²) in [7, 11) is 1.75. The first-order valence-electron chi connectivity index (χ1n) is 8.60. The van der Waals surface area contributed by atoms with Crippen LogP contribution in [0, 0.1) is 5.41 Å². The number of nitrogens with zero attached hydrogens (tertiary/aromatic N) is 2. The second-order valence-corrected chi connectivity index (χ2v) is 7.62. The molecule has 0 spiro atoms. The molecule has 0 aliphatic carbocycles. The number of carbonyl (C=O) groups is 2. The molecule has 2 aliphatic heterocycles. The molecule has 2 aliphatic rings. The van der Waals surface area contributed by atoms with E-state index in [0.717, 1.165) is 31.5 Å². The maximum absolute atomic E-state index is 13.1. The van der Waals surface area contributed by atoms with Crippen LogP contribution >= 0.6 is 0 Å². The Bertz CT molecular complexity index is 614. The minimum absolute atomic E-state index is 0.00372. The lowest BCUT2D eigenvalue weighted by atomic mass is 9.83. The summed E-state index contributed by atoms with van der Waals surface area (Å²) in [6.45, 7) is 5.86. The van der Waals surface area contributed by atoms with Crippen molar-refractivity contribution in [3.63, 3.8) is 0 Å². The highest BCUT2D eigenvalue weighted by Gasteiger charge is 2.43. The molecule has 0 aromatic heterocycles. The summed E-state index contributed by atoms with van der Waals surface area (Å²) in [6.07, 6.45) is 1.50. The van der Waals surface area contributed by atoms with Gasteiger partial charge in [-0.1, -0.05) is 44.2 Å². The zero-order chi connectivity index (χ0) is 17.3. The molecule has 2 atom stereocenters. The standard InChI is InChI=1S/C19H26N2O3/c1-19(2)10-7-11-21(13-19)18(23)17-16(14-8-5-4-6-9-14)20(3)15(22)12-24-17/h4-6,8-9,16-17H,7,10-13H2,1-3H3/t16-,17-/m0/s1. The van der Waals surface area contributed by atoms with Crippen molar-refractivity contribution < 1.29 is 14.3 Å². The van der Waals surface area contributed by atoms with Gasteiger partial charge in [0.1, 0.15) is 6.61 Å². The minimum Gasteiger partial charge on any atom is -0.356 e. The zero-order valence-corrected chi connectivity index (χ0v) is 14.7. The van der Waals surface area contributed by atoms with E-state index >= 15 is 0 Å². The third-order valence-electron chi connectivity index (χ3n) is 5.08. The van der Waals surface area contributed by atoms with Gasteiger partial charge in [-0.2, -0.15) is 0 Å². The Morgan fingerprint density at radius 3 is 2.62 bits per heavy atom. The Kier molecular flexibility index (Phi) is 4.63. The van der Waals surface area contributed by atoms with Crippen molar-refractivity contribution in [2.45, 2.75) is 38.8 Å². The van der Waals surface area contributed by atoms with Gasteiger partial charge in [0.2, 0.25) is 5.91 Å². The predicted octanol–water partition coefficient (Wildman–Crippen LogP) is 2.23. The quantitative estimate of drug-likeness (QED) is 0.835. The number of likely N-dealkylation sites (tertiary alicyclic amines) is 1. The van der Waals surface area contributed by atoms with Crippen LogP contribution in [0.2, 0.25) is 0 Å². The Morgan fingerprint density at radius 2 is 1.96 bits per heavy atom. The van der Waals surface area contributed by atoms with Crippen LogP contribution < -0.4 is 0 Å². The van der Waals surface area contributed by atoms with Gasteiger partial charge < -0.3 is 14.5 Å². The molecule has 0 unspecified atom stereocenters. The van der Waals surface area contributed by atoms with E-state index in [4.69, 9.17) is 4.74 Å². The number of hydrogen-bond acceptors (Lipinski definition) is 3. The summed E-state index contributed by atoms with van der Waals surface area (Å²) in [6, 6.07) is 9.30. The molecule has 5 heteroatoms. The molecule has 3 rings (SSSR count). The maximum Gasteiger partial charge on any atom is 0.254 e. The van der Waals surface area contributed by atoms with E-state index in [9.17, 15) is 9.59 Å². The molecule has 130 valence electrons. The van der Waals surface area contributed by atoms with E-state index in [1.54, 1.807) is 11.9 Å². The fourth-order valence-corrected chi connectivity index (χ4v) is 3.76. The zero-order valence-electron chi connectivity index (χ0n) is 14.7. The number of carbonyl (C=O) groups excluding carboxylic acids is 2. The molecule has 2 fully saturated rings. The Morgan fingerprint density at radius 1 is 1.25 bits per heavy atom. The van der Waals surface area contributed by atoms with Crippen LogP contribution in [0.1, 0.15) is 38.3 Å². The van der Waals surface area contributed by atoms with E-state index in [-0.39, 0.29) is 29.9 Å². The first-order chi connectivity index (χ1) is 11.4. The van der Waals surface area contributed by atoms with Crippen molar-refractivity contribution in [3.8, 4) is 0 Å². The lowest BCUT2D eigenvalue weighted by Gasteiger charge is -2.43. The van der Waals surface area contributed by atoms with Gasteiger partial charge >= 0.3 is 0 Å². The summed E-state index contributed by atoms with van der Waals surface area (Å²) < 4.78 is 5.73. The summed E-state index contributed by atoms with van der Waals surface area (Å²) in [5.41, 5.74) is 1.06. The molecular weight excluding hydrogens is 304 g/mol. The number of amides is 2. The fourth-order valence-electron chi connectivity index (χ4n) is 3.76. The van der Waals surface area contributed by atoms with Gasteiger partial charge in [0, 0.05) is 20.1 Å². The summed E-state index contributed by atoms with van der Waals surface area (Å²) in [5, 5.41) is 0. The second kappa shape index (κ2) is 6.55. The number of hydrogen-bond donors (Lipinski definition) is 0. The average Bonchev–Trinajstić information content (AvgIpc) is 2.56. The molecule has 0 saturated carbocycles. The third kappa shape index (κ3) is 3.31. The molecule has 1 aromatic rings. The molecular formula is C19H26N2O3. The highest BCUT2D eigenvalue weighted by atomic mass is 16.5. The van der Waals surface area contributed by atoms with Gasteiger partial charge in [-0.05, 0) is 23.8 Å². The molecule has 1 aromatic carbocycles. The molecule has 2 amide bonds. The lowest BCUT2D eigenvalue weighted by molar-refractivity contribution is -0.169. The van der Waals surface area contributed by atoms with Crippen molar-refractivity contribution in [1.82, 2.24) is 9.80 Å². The van der Waals surface area contributed by atoms with Crippen LogP contribution in [0.15, 0.2) is 30.3 Å². The van der Waals surface area contributed by atoms with Gasteiger partial charge in [-0.25, -0.2) is 0 Å². The molecule has 5 nitrogen and oxygen atoms in total. The van der Waals surface area contributed by atoms with Gasteiger partial charge in [0.25, 0.3) is 5.91 Å². The molecule has 2 heterocycles. The number of likely N-dealkylation sites (N-methyl/N-ethyl adjacent to an activating group) is 1. The monoisotopic (exact) mass is 330 g/mol. The molecule has 24 heavy (non-hydrogen) atoms. The number of piperidine rings is 1. The molecule has 0 bridgehead atoms. The molecule has 0 radical (unpaired) electrons. The average molecular weight is 330 g/mol. The summed E-state index contributed by atoms with van der Waals surface area (Å²) in [4.78, 5) is 28.8. The highest BCUT2D eigenvalue weighted by Crippen LogP contribution is 2.33. The van der Waals surface area contributed by atoms with E-state index < -0.39 is 6.10 Å². The number of ether oxygens (including phenoxy) is 1. The first-order valence-corrected chi connectivity index (χ1v) is 8.60. The third-order valence-corrected chi connectivity index (χ3v) is 5.08. The number of benzene rings is 1. The lowest BCUT2D eigenvalue weighted by Crippen LogP contribution is -2.56. The van der Waals surface area contributed by atoms with Crippen molar-refractivity contribution >= 4 is 11.8 Å². The normalized spacial score (nSPS) is 27.2. The van der Waals surface area contributed by atoms with Gasteiger partial charge in [-0.3, -0.25) is 9.59 Å². The predicted molar refractivity (Wildman–Crippen MR) is 91.3 cm³/mol. The van der Waals surface area contributed by atoms with Crippen molar-refractivity contribution in [1.29, 1.82) is 0 Å². The van der Waals surface area contributed by atoms with Crippen LogP contribution in [0.4, 0.5) is 0 Å². The van der Waals surface area contributed by atoms with Crippen LogP contribution in [0.25, 0.3) is 0 Å². The van der Waals surface area contributed by atoms with E-state index in [1.807, 2.05) is 35.2 Å². The van der Waals surface area contributed by atoms with Crippen LogP contribution in [-0.2, 0) is 14.3 Å². The van der Waals surface area contributed by atoms with Gasteiger partial charge in [-0.15, -0.1) is 0 Å². The van der Waals surface area contributed by atoms with Crippen molar-refractivity contribution in [3.05, 3.63) is 35.9 Å². The van der Waals surface area contributed by atoms with Crippen molar-refractivity contribution in [2.24, 2.45) is 5.41 Å². The number of rotatable bonds is 2. The Hall–Kier alpha value is -1.88. The van der Waals surface area contributed by atoms with E-state index in [0.29, 0.717) is 0 Å². The largest absolute Gasteiger partial charge is 0.356 e. The molecule has 2 saturated heterocycles. The fraction of sp³-hybridized carbons (Fsp3) is 0.579. The van der Waals surface area contributed by atoms with Gasteiger partial charge in [0.05, 0.1) is 6.04 Å². The molecule has 0 N–H and O–H groups in total. The Labute approximate surface area is 143 Å². The summed E-state index contributed by atoms with van der Waals surface area (Å²) in [5.74, 6) is -0.0946. The first kappa shape index (κ1) is 17.0.